The lowest BCUT2D eigenvalue weighted by atomic mass is 9.71. The van der Waals surface area contributed by atoms with Crippen molar-refractivity contribution in [2.75, 3.05) is 11.9 Å². The Morgan fingerprint density at radius 3 is 2.54 bits per heavy atom. The molecule has 0 aliphatic heterocycles. The first kappa shape index (κ1) is 22.0. The predicted molar refractivity (Wildman–Crippen MR) is 137 cm³/mol. The summed E-state index contributed by atoms with van der Waals surface area (Å²) in [5.74, 6) is 2.23. The number of carbonyl (C=O) groups is 2. The summed E-state index contributed by atoms with van der Waals surface area (Å²) in [6.07, 6.45) is 9.67. The van der Waals surface area contributed by atoms with E-state index in [1.807, 2.05) is 42.6 Å². The molecule has 4 aliphatic rings. The number of para-hydroxylation sites is 1. The number of hydrogen-bond donors (Lipinski definition) is 3. The third-order valence-electron chi connectivity index (χ3n) is 8.39. The van der Waals surface area contributed by atoms with Crippen molar-refractivity contribution in [3.05, 3.63) is 71.6 Å². The Morgan fingerprint density at radius 1 is 1.06 bits per heavy atom. The molecule has 180 valence electrons. The van der Waals surface area contributed by atoms with E-state index in [1.165, 1.54) is 37.7 Å². The number of ether oxygens (including phenoxy) is 1. The fourth-order valence-corrected chi connectivity index (χ4v) is 7.16. The van der Waals surface area contributed by atoms with Crippen LogP contribution in [-0.4, -0.2) is 23.6 Å². The zero-order valence-corrected chi connectivity index (χ0v) is 20.0. The molecule has 0 spiro atoms. The van der Waals surface area contributed by atoms with Crippen LogP contribution in [0.5, 0.6) is 0 Å². The summed E-state index contributed by atoms with van der Waals surface area (Å²) in [6.45, 7) is 1.95. The van der Waals surface area contributed by atoms with E-state index in [0.717, 1.165) is 34.2 Å². The number of rotatable bonds is 6. The molecule has 4 bridgehead atoms. The summed E-state index contributed by atoms with van der Waals surface area (Å²) in [4.78, 5) is 28.6. The average molecular weight is 470 g/mol. The third kappa shape index (κ3) is 3.91. The van der Waals surface area contributed by atoms with Gasteiger partial charge in [-0.15, -0.1) is 0 Å². The van der Waals surface area contributed by atoms with Crippen LogP contribution >= 0.6 is 0 Å². The van der Waals surface area contributed by atoms with Gasteiger partial charge in [0.1, 0.15) is 5.70 Å². The largest absolute Gasteiger partial charge is 0.450 e. The van der Waals surface area contributed by atoms with Crippen LogP contribution in [0.2, 0.25) is 0 Å². The van der Waals surface area contributed by atoms with Gasteiger partial charge < -0.3 is 15.0 Å². The first-order valence-corrected chi connectivity index (χ1v) is 12.7. The number of benzene rings is 2. The molecular weight excluding hydrogens is 438 g/mol. The average Bonchev–Trinajstić information content (AvgIpc) is 3.45. The molecule has 1 aromatic heterocycles. The van der Waals surface area contributed by atoms with Crippen molar-refractivity contribution in [3.8, 4) is 0 Å². The highest BCUT2D eigenvalue weighted by atomic mass is 16.5. The molecule has 1 heterocycles. The number of nitrogens with one attached hydrogen (secondary N) is 3. The summed E-state index contributed by atoms with van der Waals surface area (Å²) in [5.41, 5.74) is 4.38. The van der Waals surface area contributed by atoms with Crippen molar-refractivity contribution >= 4 is 34.7 Å². The van der Waals surface area contributed by atoms with Crippen LogP contribution in [0.3, 0.4) is 0 Å². The highest BCUT2D eigenvalue weighted by molar-refractivity contribution is 6.09. The molecular formula is C29H31N3O3. The van der Waals surface area contributed by atoms with E-state index < -0.39 is 12.0 Å². The molecule has 0 radical (unpaired) electrons. The van der Waals surface area contributed by atoms with Gasteiger partial charge in [0.05, 0.1) is 6.61 Å². The molecule has 3 aromatic rings. The van der Waals surface area contributed by atoms with E-state index in [2.05, 4.69) is 27.8 Å². The molecule has 2 amide bonds. The zero-order valence-electron chi connectivity index (χ0n) is 20.0. The summed E-state index contributed by atoms with van der Waals surface area (Å²) < 4.78 is 5.02. The summed E-state index contributed by atoms with van der Waals surface area (Å²) in [7, 11) is 0. The highest BCUT2D eigenvalue weighted by Crippen LogP contribution is 2.65. The molecule has 35 heavy (non-hydrogen) atoms. The SMILES string of the molecule is CCOC(=O)N/C(=C\c1c[nH]c2ccccc12)C(=O)Nc1ccc(C23CC4CC(CC2C4)C3)cc1. The lowest BCUT2D eigenvalue weighted by molar-refractivity contribution is -0.113. The number of carbonyl (C=O) groups excluding carboxylic acids is 2. The number of fused-ring (bicyclic) bond motifs is 1. The number of amides is 2. The maximum absolute atomic E-state index is 13.2. The second kappa shape index (κ2) is 8.59. The molecule has 6 nitrogen and oxygen atoms in total. The van der Waals surface area contributed by atoms with Crippen LogP contribution in [0.15, 0.2) is 60.4 Å². The number of alkyl carbamates (subject to hydrolysis) is 1. The fraction of sp³-hybridized carbons (Fsp3) is 0.379. The van der Waals surface area contributed by atoms with Crippen LogP contribution < -0.4 is 10.6 Å². The van der Waals surface area contributed by atoms with E-state index in [-0.39, 0.29) is 12.3 Å². The Balaban J connectivity index is 1.23. The Hall–Kier alpha value is -3.54. The standard InChI is InChI=1S/C29H31N3O3/c1-2-35-28(34)32-26(14-20-17-30-25-6-4-3-5-24(20)25)27(33)31-23-9-7-21(8-10-23)29-15-18-11-19(16-29)13-22(29)12-18/h3-10,14,17-19,22,30H,2,11-13,15-16H2,1H3,(H,31,33)(H,32,34)/b26-14-. The van der Waals surface area contributed by atoms with Gasteiger partial charge >= 0.3 is 6.09 Å². The van der Waals surface area contributed by atoms with E-state index in [9.17, 15) is 9.59 Å². The highest BCUT2D eigenvalue weighted by Gasteiger charge is 2.58. The Kier molecular flexibility index (Phi) is 5.39. The van der Waals surface area contributed by atoms with Crippen molar-refractivity contribution in [1.82, 2.24) is 10.3 Å². The minimum Gasteiger partial charge on any atom is -0.450 e. The van der Waals surface area contributed by atoms with Crippen molar-refractivity contribution in [3.63, 3.8) is 0 Å². The van der Waals surface area contributed by atoms with Gasteiger partial charge in [-0.3, -0.25) is 10.1 Å². The molecule has 2 aromatic carbocycles. The number of aromatic amines is 1. The van der Waals surface area contributed by atoms with Crippen molar-refractivity contribution in [1.29, 1.82) is 0 Å². The normalized spacial score (nSPS) is 26.8. The first-order valence-electron chi connectivity index (χ1n) is 12.7. The van der Waals surface area contributed by atoms with Gasteiger partial charge in [-0.25, -0.2) is 4.79 Å². The molecule has 2 unspecified atom stereocenters. The second-order valence-corrected chi connectivity index (χ2v) is 10.4. The van der Waals surface area contributed by atoms with Crippen LogP contribution in [0.4, 0.5) is 10.5 Å². The lowest BCUT2D eigenvalue weighted by Crippen LogP contribution is -2.31. The molecule has 7 rings (SSSR count). The predicted octanol–water partition coefficient (Wildman–Crippen LogP) is 5.97. The summed E-state index contributed by atoms with van der Waals surface area (Å²) >= 11 is 0. The van der Waals surface area contributed by atoms with E-state index >= 15 is 0 Å². The molecule has 6 heteroatoms. The van der Waals surface area contributed by atoms with Gasteiger partial charge in [0.15, 0.2) is 0 Å². The maximum atomic E-state index is 13.2. The topological polar surface area (TPSA) is 83.2 Å². The Labute approximate surface area is 205 Å². The van der Waals surface area contributed by atoms with Gasteiger partial charge in [-0.2, -0.15) is 0 Å². The number of H-pyrrole nitrogens is 1. The van der Waals surface area contributed by atoms with Crippen molar-refractivity contribution in [2.24, 2.45) is 17.8 Å². The molecule has 4 fully saturated rings. The number of anilines is 1. The van der Waals surface area contributed by atoms with Gasteiger partial charge in [0.25, 0.3) is 5.91 Å². The van der Waals surface area contributed by atoms with Gasteiger partial charge in [0, 0.05) is 28.4 Å². The second-order valence-electron chi connectivity index (χ2n) is 10.4. The molecule has 4 saturated carbocycles. The van der Waals surface area contributed by atoms with E-state index in [1.54, 1.807) is 13.0 Å². The number of aromatic nitrogens is 1. The van der Waals surface area contributed by atoms with Crippen LogP contribution in [-0.2, 0) is 14.9 Å². The van der Waals surface area contributed by atoms with Gasteiger partial charge in [0.2, 0.25) is 0 Å². The van der Waals surface area contributed by atoms with Crippen LogP contribution in [0.25, 0.3) is 17.0 Å². The maximum Gasteiger partial charge on any atom is 0.411 e. The van der Waals surface area contributed by atoms with E-state index in [4.69, 9.17) is 4.74 Å². The fourth-order valence-electron chi connectivity index (χ4n) is 7.16. The van der Waals surface area contributed by atoms with Crippen molar-refractivity contribution < 1.29 is 14.3 Å². The van der Waals surface area contributed by atoms with Gasteiger partial charge in [-0.05, 0) is 92.0 Å². The van der Waals surface area contributed by atoms with Gasteiger partial charge in [-0.1, -0.05) is 30.3 Å². The quantitative estimate of drug-likeness (QED) is 0.389. The van der Waals surface area contributed by atoms with Crippen LogP contribution in [0, 0.1) is 17.8 Å². The minimum atomic E-state index is -0.657. The summed E-state index contributed by atoms with van der Waals surface area (Å²) in [5, 5.41) is 6.53. The van der Waals surface area contributed by atoms with Crippen LogP contribution in [0.1, 0.15) is 50.2 Å². The monoisotopic (exact) mass is 469 g/mol. The smallest absolute Gasteiger partial charge is 0.411 e. The molecule has 4 aliphatic carbocycles. The first-order chi connectivity index (χ1) is 17.0. The Bertz CT molecular complexity index is 1290. The molecule has 3 N–H and O–H groups in total. The zero-order chi connectivity index (χ0) is 24.0. The number of hydrogen-bond acceptors (Lipinski definition) is 3. The lowest BCUT2D eigenvalue weighted by Gasteiger charge is -2.33. The molecule has 2 atom stereocenters. The molecule has 0 saturated heterocycles. The van der Waals surface area contributed by atoms with Crippen molar-refractivity contribution in [2.45, 2.75) is 44.4 Å². The minimum absolute atomic E-state index is 0.127. The Morgan fingerprint density at radius 2 is 1.80 bits per heavy atom. The third-order valence-corrected chi connectivity index (χ3v) is 8.39. The van der Waals surface area contributed by atoms with E-state index in [0.29, 0.717) is 11.1 Å². The summed E-state index contributed by atoms with van der Waals surface area (Å²) in [6, 6.07) is 16.2.